The van der Waals surface area contributed by atoms with Gasteiger partial charge < -0.3 is 14.6 Å². The molecule has 0 aromatic heterocycles. The molecule has 2 aromatic rings. The van der Waals surface area contributed by atoms with Crippen LogP contribution in [-0.2, 0) is 6.42 Å². The van der Waals surface area contributed by atoms with Gasteiger partial charge in [-0.15, -0.1) is 0 Å². The van der Waals surface area contributed by atoms with Gasteiger partial charge >= 0.3 is 5.97 Å². The van der Waals surface area contributed by atoms with Crippen LogP contribution in [0.15, 0.2) is 48.5 Å². The van der Waals surface area contributed by atoms with Gasteiger partial charge in [0, 0.05) is 6.07 Å². The Labute approximate surface area is 129 Å². The van der Waals surface area contributed by atoms with Crippen LogP contribution in [0.25, 0.3) is 6.08 Å². The third kappa shape index (κ3) is 3.67. The summed E-state index contributed by atoms with van der Waals surface area (Å²) in [4.78, 5) is 11.5. The fourth-order valence-corrected chi connectivity index (χ4v) is 2.19. The lowest BCUT2D eigenvalue weighted by Crippen LogP contribution is -2.04. The number of hydrogen-bond donors (Lipinski definition) is 1. The quantitative estimate of drug-likeness (QED) is 0.884. The Bertz CT molecular complexity index is 675. The smallest absolute Gasteiger partial charge is 0.340 e. The number of rotatable bonds is 6. The highest BCUT2D eigenvalue weighted by Crippen LogP contribution is 2.29. The van der Waals surface area contributed by atoms with E-state index in [-0.39, 0.29) is 11.3 Å². The standard InChI is InChI=1S/C18H18O4/c1-21-15-11-14(17(18(19)20)16(12-15)22-2)10-6-9-13-7-4-3-5-8-13/h3-8,10-12H,9H2,1-2H3,(H,19,20). The molecular weight excluding hydrogens is 280 g/mol. The third-order valence-electron chi connectivity index (χ3n) is 3.27. The molecule has 0 bridgehead atoms. The molecule has 0 saturated heterocycles. The van der Waals surface area contributed by atoms with Crippen molar-refractivity contribution in [1.29, 1.82) is 0 Å². The average molecular weight is 298 g/mol. The molecule has 4 nitrogen and oxygen atoms in total. The summed E-state index contributed by atoms with van der Waals surface area (Å²) in [6, 6.07) is 13.2. The largest absolute Gasteiger partial charge is 0.497 e. The summed E-state index contributed by atoms with van der Waals surface area (Å²) in [6.07, 6.45) is 4.43. The van der Waals surface area contributed by atoms with Gasteiger partial charge in [0.15, 0.2) is 0 Å². The minimum atomic E-state index is -1.03. The van der Waals surface area contributed by atoms with Crippen LogP contribution in [0, 0.1) is 0 Å². The molecule has 2 rings (SSSR count). The van der Waals surface area contributed by atoms with E-state index >= 15 is 0 Å². The normalized spacial score (nSPS) is 10.6. The van der Waals surface area contributed by atoms with E-state index in [0.717, 1.165) is 12.0 Å². The molecule has 0 fully saturated rings. The van der Waals surface area contributed by atoms with Gasteiger partial charge in [0.2, 0.25) is 0 Å². The second-order valence-electron chi connectivity index (χ2n) is 4.69. The Morgan fingerprint density at radius 1 is 1.14 bits per heavy atom. The zero-order valence-corrected chi connectivity index (χ0v) is 12.6. The summed E-state index contributed by atoms with van der Waals surface area (Å²) in [7, 11) is 2.98. The van der Waals surface area contributed by atoms with E-state index in [1.165, 1.54) is 14.2 Å². The Hall–Kier alpha value is -2.75. The molecule has 0 aliphatic rings. The van der Waals surface area contributed by atoms with Crippen LogP contribution in [0.4, 0.5) is 0 Å². The third-order valence-corrected chi connectivity index (χ3v) is 3.27. The van der Waals surface area contributed by atoms with E-state index in [1.807, 2.05) is 36.4 Å². The van der Waals surface area contributed by atoms with Crippen molar-refractivity contribution in [3.8, 4) is 11.5 Å². The summed E-state index contributed by atoms with van der Waals surface area (Å²) in [5, 5.41) is 9.40. The molecule has 4 heteroatoms. The summed E-state index contributed by atoms with van der Waals surface area (Å²) in [5.41, 5.74) is 1.85. The van der Waals surface area contributed by atoms with Crippen LogP contribution in [0.3, 0.4) is 0 Å². The lowest BCUT2D eigenvalue weighted by atomic mass is 10.0. The molecule has 0 aliphatic carbocycles. The zero-order chi connectivity index (χ0) is 15.9. The SMILES string of the molecule is COc1cc(C=CCc2ccccc2)c(C(=O)O)c(OC)c1. The lowest BCUT2D eigenvalue weighted by molar-refractivity contribution is 0.0693. The number of aromatic carboxylic acids is 1. The van der Waals surface area contributed by atoms with Crippen LogP contribution in [0.2, 0.25) is 0 Å². The predicted octanol–water partition coefficient (Wildman–Crippen LogP) is 3.66. The molecule has 2 aromatic carbocycles. The first-order valence-electron chi connectivity index (χ1n) is 6.85. The minimum Gasteiger partial charge on any atom is -0.497 e. The number of carboxylic acid groups (broad SMARTS) is 1. The first kappa shape index (κ1) is 15.6. The molecule has 0 spiro atoms. The van der Waals surface area contributed by atoms with E-state index in [4.69, 9.17) is 9.47 Å². The fourth-order valence-electron chi connectivity index (χ4n) is 2.19. The van der Waals surface area contributed by atoms with Gasteiger partial charge in [-0.25, -0.2) is 4.79 Å². The molecule has 0 radical (unpaired) electrons. The van der Waals surface area contributed by atoms with Crippen molar-refractivity contribution in [3.63, 3.8) is 0 Å². The fraction of sp³-hybridized carbons (Fsp3) is 0.167. The van der Waals surface area contributed by atoms with Crippen LogP contribution in [0.1, 0.15) is 21.5 Å². The lowest BCUT2D eigenvalue weighted by Gasteiger charge is -2.11. The molecule has 114 valence electrons. The second-order valence-corrected chi connectivity index (χ2v) is 4.69. The van der Waals surface area contributed by atoms with Gasteiger partial charge in [0.25, 0.3) is 0 Å². The number of ether oxygens (including phenoxy) is 2. The average Bonchev–Trinajstić information content (AvgIpc) is 2.54. The summed E-state index contributed by atoms with van der Waals surface area (Å²) in [6.45, 7) is 0. The number of hydrogen-bond acceptors (Lipinski definition) is 3. The van der Waals surface area contributed by atoms with E-state index in [9.17, 15) is 9.90 Å². The zero-order valence-electron chi connectivity index (χ0n) is 12.6. The number of carboxylic acids is 1. The van der Waals surface area contributed by atoms with Gasteiger partial charge in [0.1, 0.15) is 17.1 Å². The minimum absolute atomic E-state index is 0.132. The van der Waals surface area contributed by atoms with Crippen molar-refractivity contribution < 1.29 is 19.4 Å². The summed E-state index contributed by atoms with van der Waals surface area (Å²) in [5.74, 6) is -0.189. The monoisotopic (exact) mass is 298 g/mol. The van der Waals surface area contributed by atoms with Crippen molar-refractivity contribution in [2.24, 2.45) is 0 Å². The Kier molecular flexibility index (Phi) is 5.20. The van der Waals surface area contributed by atoms with Crippen molar-refractivity contribution >= 4 is 12.0 Å². The number of allylic oxidation sites excluding steroid dienone is 1. The van der Waals surface area contributed by atoms with Gasteiger partial charge in [-0.05, 0) is 23.6 Å². The maximum absolute atomic E-state index is 11.5. The molecule has 0 amide bonds. The maximum atomic E-state index is 11.5. The maximum Gasteiger partial charge on any atom is 0.340 e. The van der Waals surface area contributed by atoms with Crippen molar-refractivity contribution in [3.05, 3.63) is 65.2 Å². The molecule has 22 heavy (non-hydrogen) atoms. The number of methoxy groups -OCH3 is 2. The van der Waals surface area contributed by atoms with Gasteiger partial charge in [0.05, 0.1) is 14.2 Å². The predicted molar refractivity (Wildman–Crippen MR) is 85.7 cm³/mol. The summed E-state index contributed by atoms with van der Waals surface area (Å²) < 4.78 is 10.3. The van der Waals surface area contributed by atoms with E-state index in [0.29, 0.717) is 11.3 Å². The van der Waals surface area contributed by atoms with Gasteiger partial charge in [-0.2, -0.15) is 0 Å². The highest BCUT2D eigenvalue weighted by atomic mass is 16.5. The molecular formula is C18H18O4. The topological polar surface area (TPSA) is 55.8 Å². The van der Waals surface area contributed by atoms with Crippen molar-refractivity contribution in [2.75, 3.05) is 14.2 Å². The number of carbonyl (C=O) groups is 1. The molecule has 1 N–H and O–H groups in total. The Morgan fingerprint density at radius 2 is 1.86 bits per heavy atom. The van der Waals surface area contributed by atoms with Gasteiger partial charge in [-0.1, -0.05) is 42.5 Å². The van der Waals surface area contributed by atoms with Gasteiger partial charge in [-0.3, -0.25) is 0 Å². The first-order valence-corrected chi connectivity index (χ1v) is 6.85. The summed E-state index contributed by atoms with van der Waals surface area (Å²) >= 11 is 0. The molecule has 0 atom stereocenters. The van der Waals surface area contributed by atoms with Crippen molar-refractivity contribution in [2.45, 2.75) is 6.42 Å². The van der Waals surface area contributed by atoms with Crippen LogP contribution < -0.4 is 9.47 Å². The first-order chi connectivity index (χ1) is 10.7. The molecule has 0 unspecified atom stereocenters. The van der Waals surface area contributed by atoms with E-state index in [2.05, 4.69) is 0 Å². The van der Waals surface area contributed by atoms with Crippen LogP contribution in [-0.4, -0.2) is 25.3 Å². The molecule has 0 saturated carbocycles. The highest BCUT2D eigenvalue weighted by Gasteiger charge is 2.16. The Balaban J connectivity index is 2.34. The Morgan fingerprint density at radius 3 is 2.45 bits per heavy atom. The van der Waals surface area contributed by atoms with Crippen LogP contribution >= 0.6 is 0 Å². The van der Waals surface area contributed by atoms with Crippen LogP contribution in [0.5, 0.6) is 11.5 Å². The highest BCUT2D eigenvalue weighted by molar-refractivity contribution is 5.95. The van der Waals surface area contributed by atoms with E-state index < -0.39 is 5.97 Å². The van der Waals surface area contributed by atoms with Crippen molar-refractivity contribution in [1.82, 2.24) is 0 Å². The molecule has 0 aliphatic heterocycles. The van der Waals surface area contributed by atoms with E-state index in [1.54, 1.807) is 18.2 Å². The second kappa shape index (κ2) is 7.31. The number of benzene rings is 2. The molecule has 0 heterocycles.